The predicted octanol–water partition coefficient (Wildman–Crippen LogP) is 4.70. The van der Waals surface area contributed by atoms with Crippen LogP contribution in [0.2, 0.25) is 10.0 Å². The summed E-state index contributed by atoms with van der Waals surface area (Å²) in [5.41, 5.74) is -0.125. The topological polar surface area (TPSA) is 75.6 Å². The monoisotopic (exact) mass is 553 g/mol. The molecule has 0 aromatic heterocycles. The normalized spacial score (nSPS) is 22.6. The number of carbonyl (C=O) groups excluding carboxylic acids is 2. The number of fused-ring (bicyclic) bond motifs is 3. The average Bonchev–Trinajstić information content (AvgIpc) is 2.94. The van der Waals surface area contributed by atoms with Gasteiger partial charge in [0.15, 0.2) is 12.6 Å². The molecule has 1 amide bonds. The van der Waals surface area contributed by atoms with E-state index in [9.17, 15) is 14.7 Å². The van der Waals surface area contributed by atoms with Crippen LogP contribution in [0, 0.1) is 5.92 Å². The van der Waals surface area contributed by atoms with Crippen molar-refractivity contribution in [2.75, 3.05) is 26.2 Å². The second kappa shape index (κ2) is 11.1. The van der Waals surface area contributed by atoms with Gasteiger partial charge >= 0.3 is 5.97 Å². The molecule has 3 fully saturated rings. The molecule has 6 rings (SSSR count). The minimum absolute atomic E-state index is 0.0634. The fourth-order valence-corrected chi connectivity index (χ4v) is 6.09. The molecule has 0 radical (unpaired) electrons. The van der Waals surface area contributed by atoms with Crippen molar-refractivity contribution in [2.45, 2.75) is 31.1 Å². The summed E-state index contributed by atoms with van der Waals surface area (Å²) in [6.07, 6.45) is 1.37. The number of hydrogen-bond donors (Lipinski definition) is 2. The number of halogens is 2. The van der Waals surface area contributed by atoms with Crippen LogP contribution in [0.25, 0.3) is 0 Å². The Morgan fingerprint density at radius 2 is 1.53 bits per heavy atom. The summed E-state index contributed by atoms with van der Waals surface area (Å²) in [5, 5.41) is 15.7. The van der Waals surface area contributed by atoms with Crippen LogP contribution in [-0.4, -0.2) is 53.7 Å². The number of esters is 1. The van der Waals surface area contributed by atoms with Gasteiger partial charge in [0.05, 0.1) is 23.1 Å². The maximum atomic E-state index is 13.7. The lowest BCUT2D eigenvalue weighted by atomic mass is 9.82. The highest BCUT2D eigenvalue weighted by Gasteiger charge is 2.51. The molecule has 198 valence electrons. The van der Waals surface area contributed by atoms with Crippen LogP contribution in [0.1, 0.15) is 29.5 Å². The number of rotatable bonds is 8. The van der Waals surface area contributed by atoms with E-state index in [-0.39, 0.29) is 17.9 Å². The molecule has 8 heteroatoms. The Labute approximate surface area is 232 Å². The van der Waals surface area contributed by atoms with E-state index in [1.165, 1.54) is 0 Å². The van der Waals surface area contributed by atoms with Gasteiger partial charge in [-0.2, -0.15) is 0 Å². The van der Waals surface area contributed by atoms with Gasteiger partial charge in [0.1, 0.15) is 6.54 Å². The highest BCUT2D eigenvalue weighted by molar-refractivity contribution is 6.42. The van der Waals surface area contributed by atoms with Crippen LogP contribution >= 0.6 is 23.2 Å². The Kier molecular flexibility index (Phi) is 7.78. The molecule has 3 aliphatic rings. The summed E-state index contributed by atoms with van der Waals surface area (Å²) < 4.78 is 6.66. The molecule has 0 saturated carbocycles. The van der Waals surface area contributed by atoms with Crippen LogP contribution in [0.3, 0.4) is 0 Å². The van der Waals surface area contributed by atoms with Gasteiger partial charge in [-0.1, -0.05) is 89.9 Å². The molecule has 3 aliphatic heterocycles. The molecular formula is C30H31Cl2N2O4+. The molecule has 6 nitrogen and oxygen atoms in total. The van der Waals surface area contributed by atoms with Crippen molar-refractivity contribution in [3.05, 3.63) is 106 Å². The molecule has 3 saturated heterocycles. The third-order valence-corrected chi connectivity index (χ3v) is 8.67. The number of ether oxygens (including phenoxy) is 1. The zero-order chi connectivity index (χ0) is 26.8. The summed E-state index contributed by atoms with van der Waals surface area (Å²) in [6.45, 7) is 2.94. The van der Waals surface area contributed by atoms with Crippen LogP contribution in [0.5, 0.6) is 0 Å². The number of piperidine rings is 3. The van der Waals surface area contributed by atoms with Gasteiger partial charge in [-0.3, -0.25) is 4.79 Å². The third-order valence-electron chi connectivity index (χ3n) is 7.93. The van der Waals surface area contributed by atoms with E-state index in [0.717, 1.165) is 31.5 Å². The second-order valence-electron chi connectivity index (χ2n) is 10.4. The Hall–Kier alpha value is -2.90. The third kappa shape index (κ3) is 5.45. The first-order chi connectivity index (χ1) is 18.3. The first-order valence-electron chi connectivity index (χ1n) is 12.9. The van der Waals surface area contributed by atoms with Crippen molar-refractivity contribution in [3.8, 4) is 0 Å². The number of benzene rings is 3. The fourth-order valence-electron chi connectivity index (χ4n) is 5.77. The molecule has 2 N–H and O–H groups in total. The van der Waals surface area contributed by atoms with Gasteiger partial charge in [-0.05, 0) is 28.8 Å². The van der Waals surface area contributed by atoms with Gasteiger partial charge in [0, 0.05) is 25.3 Å². The quantitative estimate of drug-likeness (QED) is 0.313. The van der Waals surface area contributed by atoms with Gasteiger partial charge in [-0.15, -0.1) is 0 Å². The lowest BCUT2D eigenvalue weighted by molar-refractivity contribution is -0.939. The number of nitrogens with one attached hydrogen (secondary N) is 1. The van der Waals surface area contributed by atoms with Crippen molar-refractivity contribution >= 4 is 35.1 Å². The van der Waals surface area contributed by atoms with Crippen LogP contribution in [-0.2, 0) is 26.5 Å². The average molecular weight is 554 g/mol. The second-order valence-corrected chi connectivity index (χ2v) is 11.2. The summed E-state index contributed by atoms with van der Waals surface area (Å²) in [7, 11) is 0. The van der Waals surface area contributed by atoms with Crippen LogP contribution < -0.4 is 5.32 Å². The van der Waals surface area contributed by atoms with E-state index < -0.39 is 11.6 Å². The maximum absolute atomic E-state index is 13.7. The first-order valence-corrected chi connectivity index (χ1v) is 13.6. The minimum Gasteiger partial charge on any atom is -0.453 e. The maximum Gasteiger partial charge on any atom is 0.348 e. The van der Waals surface area contributed by atoms with Crippen molar-refractivity contribution < 1.29 is 23.9 Å². The molecule has 0 unspecified atom stereocenters. The molecule has 3 heterocycles. The van der Waals surface area contributed by atoms with Crippen molar-refractivity contribution in [3.63, 3.8) is 0 Å². The van der Waals surface area contributed by atoms with E-state index in [4.69, 9.17) is 27.9 Å². The first kappa shape index (κ1) is 26.7. The van der Waals surface area contributed by atoms with E-state index in [1.807, 2.05) is 18.2 Å². The fraction of sp³-hybridized carbons (Fsp3) is 0.333. The van der Waals surface area contributed by atoms with Gasteiger partial charge in [0.25, 0.3) is 5.91 Å². The van der Waals surface area contributed by atoms with Crippen LogP contribution in [0.4, 0.5) is 0 Å². The Balaban J connectivity index is 1.28. The molecular weight excluding hydrogens is 523 g/mol. The molecule has 0 aliphatic carbocycles. The van der Waals surface area contributed by atoms with Gasteiger partial charge < -0.3 is 19.6 Å². The molecule has 3 aromatic carbocycles. The molecule has 0 spiro atoms. The minimum atomic E-state index is -1.92. The smallest absolute Gasteiger partial charge is 0.348 e. The van der Waals surface area contributed by atoms with Crippen molar-refractivity contribution in [1.29, 1.82) is 0 Å². The lowest BCUT2D eigenvalue weighted by Crippen LogP contribution is -2.66. The van der Waals surface area contributed by atoms with Crippen molar-refractivity contribution in [1.82, 2.24) is 5.32 Å². The lowest BCUT2D eigenvalue weighted by Gasteiger charge is -2.51. The summed E-state index contributed by atoms with van der Waals surface area (Å²) in [4.78, 5) is 26.6. The zero-order valence-corrected chi connectivity index (χ0v) is 22.5. The molecule has 2 bridgehead atoms. The zero-order valence-electron chi connectivity index (χ0n) is 21.0. The van der Waals surface area contributed by atoms with E-state index in [1.54, 1.807) is 60.7 Å². The molecule has 3 aromatic rings. The highest BCUT2D eigenvalue weighted by atomic mass is 35.5. The predicted molar refractivity (Wildman–Crippen MR) is 147 cm³/mol. The standard InChI is InChI=1S/C30H30Cl2N2O4/c31-25-12-11-21(17-26(25)32)18-33-28(35)20-34-15-13-22(14-16-34)27(19-34)38-29(36)30(37,23-7-3-1-4-8-23)24-9-5-2-6-10-24/h1-12,17,22,27,37H,13-16,18-20H2/p+1/t22?,27-,34?/m0/s1. The number of quaternary nitrogens is 1. The molecule has 38 heavy (non-hydrogen) atoms. The molecule has 1 atom stereocenters. The highest BCUT2D eigenvalue weighted by Crippen LogP contribution is 2.38. The SMILES string of the molecule is O=C(C[N+]12CCC(CC1)[C@@H](OC(=O)C(O)(c1ccccc1)c1ccccc1)C2)NCc1ccc(Cl)c(Cl)c1. The van der Waals surface area contributed by atoms with E-state index >= 15 is 0 Å². The number of nitrogens with zero attached hydrogens (tertiary/aromatic N) is 1. The Morgan fingerprint density at radius 1 is 0.921 bits per heavy atom. The van der Waals surface area contributed by atoms with Gasteiger partial charge in [0.2, 0.25) is 5.60 Å². The summed E-state index contributed by atoms with van der Waals surface area (Å²) in [6, 6.07) is 23.1. The Morgan fingerprint density at radius 3 is 2.11 bits per heavy atom. The van der Waals surface area contributed by atoms with Gasteiger partial charge in [-0.25, -0.2) is 4.79 Å². The summed E-state index contributed by atoms with van der Waals surface area (Å²) in [5.74, 6) is -0.531. The van der Waals surface area contributed by atoms with Crippen LogP contribution in [0.15, 0.2) is 78.9 Å². The number of carbonyl (C=O) groups is 2. The largest absolute Gasteiger partial charge is 0.453 e. The van der Waals surface area contributed by atoms with Crippen molar-refractivity contribution in [2.24, 2.45) is 5.92 Å². The van der Waals surface area contributed by atoms with E-state index in [0.29, 0.717) is 45.3 Å². The Bertz CT molecular complexity index is 1250. The number of hydrogen-bond acceptors (Lipinski definition) is 4. The summed E-state index contributed by atoms with van der Waals surface area (Å²) >= 11 is 12.1. The number of aliphatic hydroxyl groups is 1. The van der Waals surface area contributed by atoms with E-state index in [2.05, 4.69) is 5.32 Å². The number of amides is 1.